The molecule has 37 heavy (non-hydrogen) atoms. The van der Waals surface area contributed by atoms with Crippen LogP contribution in [0.4, 0.5) is 0 Å². The maximum Gasteiger partial charge on any atom is 0.354 e. The first-order valence-corrected chi connectivity index (χ1v) is 12.0. The summed E-state index contributed by atoms with van der Waals surface area (Å²) in [6.07, 6.45) is 5.77. The van der Waals surface area contributed by atoms with Gasteiger partial charge in [-0.05, 0) is 50.5 Å². The fraction of sp³-hybridized carbons (Fsp3) is 0.333. The van der Waals surface area contributed by atoms with Gasteiger partial charge >= 0.3 is 5.97 Å². The molecule has 1 aliphatic rings. The van der Waals surface area contributed by atoms with Crippen LogP contribution in [0.1, 0.15) is 52.3 Å². The highest BCUT2D eigenvalue weighted by molar-refractivity contribution is 6.46. The van der Waals surface area contributed by atoms with Gasteiger partial charge in [-0.1, -0.05) is 12.1 Å². The smallest absolute Gasteiger partial charge is 0.354 e. The van der Waals surface area contributed by atoms with E-state index in [9.17, 15) is 19.5 Å². The molecule has 0 unspecified atom stereocenters. The van der Waals surface area contributed by atoms with E-state index in [0.717, 1.165) is 0 Å². The van der Waals surface area contributed by atoms with E-state index in [0.29, 0.717) is 47.7 Å². The predicted molar refractivity (Wildman–Crippen MR) is 135 cm³/mol. The first-order valence-electron chi connectivity index (χ1n) is 12.0. The van der Waals surface area contributed by atoms with Crippen molar-refractivity contribution in [2.75, 3.05) is 20.3 Å². The number of methoxy groups -OCH3 is 1. The Morgan fingerprint density at radius 3 is 2.51 bits per heavy atom. The van der Waals surface area contributed by atoms with Crippen molar-refractivity contribution < 1.29 is 29.0 Å². The van der Waals surface area contributed by atoms with Gasteiger partial charge in [-0.15, -0.1) is 0 Å². The normalized spacial score (nSPS) is 16.9. The van der Waals surface area contributed by atoms with Crippen molar-refractivity contribution in [2.45, 2.75) is 39.8 Å². The number of aromatic nitrogens is 3. The number of hydrogen-bond acceptors (Lipinski definition) is 7. The molecule has 194 valence electrons. The van der Waals surface area contributed by atoms with E-state index in [1.807, 2.05) is 17.7 Å². The fourth-order valence-corrected chi connectivity index (χ4v) is 4.76. The van der Waals surface area contributed by atoms with Gasteiger partial charge in [0.25, 0.3) is 11.7 Å². The van der Waals surface area contributed by atoms with E-state index in [-0.39, 0.29) is 23.6 Å². The highest BCUT2D eigenvalue weighted by atomic mass is 16.5. The molecule has 1 amide bonds. The summed E-state index contributed by atoms with van der Waals surface area (Å²) in [6, 6.07) is 6.30. The summed E-state index contributed by atoms with van der Waals surface area (Å²) in [6.45, 7) is 6.61. The number of nitrogens with one attached hydrogen (secondary N) is 1. The van der Waals surface area contributed by atoms with Gasteiger partial charge in [0.2, 0.25) is 0 Å². The van der Waals surface area contributed by atoms with Crippen LogP contribution in [0.3, 0.4) is 0 Å². The van der Waals surface area contributed by atoms with Crippen molar-refractivity contribution in [1.82, 2.24) is 19.4 Å². The van der Waals surface area contributed by atoms with Crippen molar-refractivity contribution >= 4 is 23.4 Å². The van der Waals surface area contributed by atoms with Crippen molar-refractivity contribution in [3.8, 4) is 5.75 Å². The number of aliphatic hydroxyl groups excluding tert-OH is 1. The molecule has 1 fully saturated rings. The van der Waals surface area contributed by atoms with Gasteiger partial charge in [-0.2, -0.15) is 0 Å². The molecule has 2 aromatic heterocycles. The average Bonchev–Trinajstić information content (AvgIpc) is 3.57. The Morgan fingerprint density at radius 2 is 1.89 bits per heavy atom. The van der Waals surface area contributed by atoms with Crippen LogP contribution in [0.2, 0.25) is 0 Å². The van der Waals surface area contributed by atoms with E-state index in [1.165, 1.54) is 12.0 Å². The van der Waals surface area contributed by atoms with Crippen LogP contribution in [0.25, 0.3) is 5.76 Å². The zero-order valence-electron chi connectivity index (χ0n) is 21.3. The number of rotatable bonds is 9. The lowest BCUT2D eigenvalue weighted by Gasteiger charge is -2.25. The number of nitrogens with zero attached hydrogens (tertiary/aromatic N) is 3. The number of likely N-dealkylation sites (tertiary alicyclic amines) is 1. The number of carbonyl (C=O) groups excluding carboxylic acids is 3. The Labute approximate surface area is 214 Å². The quantitative estimate of drug-likeness (QED) is 0.197. The van der Waals surface area contributed by atoms with Crippen molar-refractivity contribution in [3.63, 3.8) is 0 Å². The maximum absolute atomic E-state index is 13.3. The number of ether oxygens (including phenoxy) is 2. The molecule has 4 rings (SSSR count). The number of aryl methyl sites for hydroxylation is 2. The molecular weight excluding hydrogens is 476 g/mol. The number of aliphatic hydroxyl groups is 1. The Hall–Kier alpha value is -4.34. The lowest BCUT2D eigenvalue weighted by atomic mass is 9.94. The average molecular weight is 507 g/mol. The Bertz CT molecular complexity index is 1340. The number of benzene rings is 1. The number of ketones is 1. The van der Waals surface area contributed by atoms with Gasteiger partial charge < -0.3 is 29.0 Å². The third-order valence-corrected chi connectivity index (χ3v) is 6.49. The highest BCUT2D eigenvalue weighted by Gasteiger charge is 2.46. The number of carbonyl (C=O) groups is 3. The lowest BCUT2D eigenvalue weighted by Crippen LogP contribution is -2.31. The van der Waals surface area contributed by atoms with Gasteiger partial charge in [0.1, 0.15) is 17.2 Å². The minimum atomic E-state index is -0.811. The zero-order valence-corrected chi connectivity index (χ0v) is 21.3. The second-order valence-electron chi connectivity index (χ2n) is 8.77. The molecule has 0 spiro atoms. The third-order valence-electron chi connectivity index (χ3n) is 6.49. The van der Waals surface area contributed by atoms with Crippen LogP contribution >= 0.6 is 0 Å². The first-order chi connectivity index (χ1) is 17.8. The Balaban J connectivity index is 1.79. The summed E-state index contributed by atoms with van der Waals surface area (Å²) in [5.74, 6) is -1.74. The van der Waals surface area contributed by atoms with Crippen LogP contribution in [-0.4, -0.2) is 62.5 Å². The topological polar surface area (TPSA) is 127 Å². The monoisotopic (exact) mass is 506 g/mol. The van der Waals surface area contributed by atoms with Crippen LogP contribution in [0, 0.1) is 13.8 Å². The zero-order chi connectivity index (χ0) is 26.7. The molecule has 0 radical (unpaired) electrons. The largest absolute Gasteiger partial charge is 0.507 e. The summed E-state index contributed by atoms with van der Waals surface area (Å²) in [4.78, 5) is 47.2. The van der Waals surface area contributed by atoms with Gasteiger partial charge in [0, 0.05) is 36.7 Å². The molecule has 1 saturated heterocycles. The minimum absolute atomic E-state index is 0.0293. The Morgan fingerprint density at radius 1 is 1.16 bits per heavy atom. The predicted octanol–water partition coefficient (Wildman–Crippen LogP) is 3.53. The van der Waals surface area contributed by atoms with Gasteiger partial charge in [-0.3, -0.25) is 9.59 Å². The molecule has 3 aromatic rings. The number of aromatic amines is 1. The number of Topliss-reactive ketones (excluding diaryl/α,β-unsaturated/α-hetero) is 1. The molecular formula is C27H30N4O6. The molecule has 1 aliphatic heterocycles. The molecule has 3 heterocycles. The maximum atomic E-state index is 13.3. The lowest BCUT2D eigenvalue weighted by molar-refractivity contribution is -0.139. The summed E-state index contributed by atoms with van der Waals surface area (Å²) in [5.41, 5.74) is 2.01. The summed E-state index contributed by atoms with van der Waals surface area (Å²) in [7, 11) is 1.26. The van der Waals surface area contributed by atoms with Crippen LogP contribution in [0.15, 0.2) is 48.6 Å². The first kappa shape index (κ1) is 25.7. The van der Waals surface area contributed by atoms with Crippen LogP contribution in [0.5, 0.6) is 5.75 Å². The fourth-order valence-electron chi connectivity index (χ4n) is 4.76. The Kier molecular flexibility index (Phi) is 7.47. The SMILES string of the molecule is CCOc1ccc([C@H]2C(=C(O)c3c(C)[nH]c(C(=O)OC)c3C)C(=O)C(=O)N2CCCn2ccnc2)cc1. The van der Waals surface area contributed by atoms with Crippen LogP contribution < -0.4 is 4.74 Å². The number of imidazole rings is 1. The minimum Gasteiger partial charge on any atom is -0.507 e. The molecule has 0 saturated carbocycles. The molecule has 1 atom stereocenters. The molecule has 0 bridgehead atoms. The second-order valence-corrected chi connectivity index (χ2v) is 8.77. The van der Waals surface area contributed by atoms with Gasteiger partial charge in [-0.25, -0.2) is 9.78 Å². The number of esters is 1. The van der Waals surface area contributed by atoms with E-state index in [2.05, 4.69) is 9.97 Å². The molecule has 10 nitrogen and oxygen atoms in total. The molecule has 1 aromatic carbocycles. The third kappa shape index (κ3) is 4.87. The van der Waals surface area contributed by atoms with Gasteiger partial charge in [0.15, 0.2) is 0 Å². The number of amides is 1. The van der Waals surface area contributed by atoms with Crippen molar-refractivity contribution in [2.24, 2.45) is 0 Å². The molecule has 0 aliphatic carbocycles. The van der Waals surface area contributed by atoms with Crippen molar-refractivity contribution in [1.29, 1.82) is 0 Å². The van der Waals surface area contributed by atoms with Crippen molar-refractivity contribution in [3.05, 3.63) is 76.6 Å². The van der Waals surface area contributed by atoms with Gasteiger partial charge in [0.05, 0.1) is 31.7 Å². The standard InChI is InChI=1S/C27H30N4O6/c1-5-37-19-9-7-18(8-10-19)23-21(24(32)20-16(2)22(27(35)36-4)29-17(20)3)25(33)26(34)31(23)13-6-12-30-14-11-28-15-30/h7-11,14-15,23,29,32H,5-6,12-13H2,1-4H3/t23-/m0/s1. The van der Waals surface area contributed by atoms with E-state index >= 15 is 0 Å². The van der Waals surface area contributed by atoms with E-state index in [4.69, 9.17) is 9.47 Å². The number of H-pyrrole nitrogens is 1. The summed E-state index contributed by atoms with van der Waals surface area (Å²) >= 11 is 0. The van der Waals surface area contributed by atoms with E-state index < -0.39 is 23.7 Å². The van der Waals surface area contributed by atoms with Crippen LogP contribution in [-0.2, 0) is 20.9 Å². The summed E-state index contributed by atoms with van der Waals surface area (Å²) in [5, 5.41) is 11.5. The number of hydrogen-bond donors (Lipinski definition) is 2. The second kappa shape index (κ2) is 10.7. The molecule has 10 heteroatoms. The highest BCUT2D eigenvalue weighted by Crippen LogP contribution is 2.41. The molecule has 2 N–H and O–H groups in total. The summed E-state index contributed by atoms with van der Waals surface area (Å²) < 4.78 is 12.3. The van der Waals surface area contributed by atoms with E-state index in [1.54, 1.807) is 50.6 Å².